The maximum Gasteiger partial charge on any atom is 0.125 e. The van der Waals surface area contributed by atoms with E-state index in [1.54, 1.807) is 6.92 Å². The first kappa shape index (κ1) is 10.2. The lowest BCUT2D eigenvalue weighted by molar-refractivity contribution is 0.216. The first-order chi connectivity index (χ1) is 6.00. The van der Waals surface area contributed by atoms with Crippen molar-refractivity contribution in [3.63, 3.8) is 0 Å². The predicted molar refractivity (Wildman–Crippen MR) is 51.2 cm³/mol. The molecule has 1 N–H and O–H groups in total. The summed E-state index contributed by atoms with van der Waals surface area (Å²) in [7, 11) is 0. The number of hydrogen-bond acceptors (Lipinski definition) is 1. The van der Waals surface area contributed by atoms with Gasteiger partial charge in [0.25, 0.3) is 0 Å². The first-order valence-electron chi connectivity index (χ1n) is 3.80. The summed E-state index contributed by atoms with van der Waals surface area (Å²) in [5.74, 6) is -0.456. The molecule has 0 aliphatic carbocycles. The molecular formula is C10H10ClFO. The van der Waals surface area contributed by atoms with Crippen molar-refractivity contribution in [2.24, 2.45) is 0 Å². The predicted octanol–water partition coefficient (Wildman–Crippen LogP) is 3.09. The third-order valence-corrected chi connectivity index (χ3v) is 1.89. The lowest BCUT2D eigenvalue weighted by Crippen LogP contribution is -1.98. The monoisotopic (exact) mass is 200 g/mol. The van der Waals surface area contributed by atoms with Gasteiger partial charge in [-0.25, -0.2) is 4.39 Å². The molecule has 0 spiro atoms. The van der Waals surface area contributed by atoms with Crippen LogP contribution < -0.4 is 0 Å². The lowest BCUT2D eigenvalue weighted by Gasteiger charge is -2.10. The second-order valence-corrected chi connectivity index (χ2v) is 3.39. The number of benzene rings is 1. The van der Waals surface area contributed by atoms with Crippen molar-refractivity contribution >= 4 is 11.6 Å². The molecule has 0 saturated carbocycles. The SMILES string of the molecule is C=C(C)C(O)c1cc(F)cc(Cl)c1. The van der Waals surface area contributed by atoms with Gasteiger partial charge < -0.3 is 5.11 Å². The summed E-state index contributed by atoms with van der Waals surface area (Å²) in [6, 6.07) is 3.95. The minimum atomic E-state index is -0.854. The fourth-order valence-corrected chi connectivity index (χ4v) is 1.25. The van der Waals surface area contributed by atoms with Gasteiger partial charge in [-0.05, 0) is 36.3 Å². The second kappa shape index (κ2) is 3.90. The van der Waals surface area contributed by atoms with Gasteiger partial charge in [0.05, 0.1) is 6.10 Å². The Morgan fingerprint density at radius 2 is 2.15 bits per heavy atom. The van der Waals surface area contributed by atoms with Gasteiger partial charge >= 0.3 is 0 Å². The van der Waals surface area contributed by atoms with Gasteiger partial charge in [-0.3, -0.25) is 0 Å². The van der Waals surface area contributed by atoms with Gasteiger partial charge in [-0.2, -0.15) is 0 Å². The van der Waals surface area contributed by atoms with E-state index in [1.165, 1.54) is 18.2 Å². The average molecular weight is 201 g/mol. The van der Waals surface area contributed by atoms with E-state index in [0.29, 0.717) is 11.1 Å². The molecule has 70 valence electrons. The van der Waals surface area contributed by atoms with Crippen LogP contribution in [0.15, 0.2) is 30.4 Å². The van der Waals surface area contributed by atoms with Crippen LogP contribution in [-0.4, -0.2) is 5.11 Å². The van der Waals surface area contributed by atoms with Crippen molar-refractivity contribution in [1.82, 2.24) is 0 Å². The molecule has 0 aliphatic rings. The molecular weight excluding hydrogens is 191 g/mol. The molecule has 1 atom stereocenters. The normalized spacial score (nSPS) is 12.6. The Kier molecular flexibility index (Phi) is 3.07. The Morgan fingerprint density at radius 3 is 2.62 bits per heavy atom. The molecule has 13 heavy (non-hydrogen) atoms. The zero-order valence-electron chi connectivity index (χ0n) is 7.22. The van der Waals surface area contributed by atoms with E-state index in [1.807, 2.05) is 0 Å². The fourth-order valence-electron chi connectivity index (χ4n) is 1.02. The molecule has 0 amide bonds. The molecule has 1 aromatic carbocycles. The Bertz CT molecular complexity index is 315. The van der Waals surface area contributed by atoms with E-state index < -0.39 is 11.9 Å². The van der Waals surface area contributed by atoms with E-state index in [2.05, 4.69) is 6.58 Å². The highest BCUT2D eigenvalue weighted by Gasteiger charge is 2.09. The largest absolute Gasteiger partial charge is 0.384 e. The van der Waals surface area contributed by atoms with E-state index in [9.17, 15) is 9.50 Å². The maximum atomic E-state index is 12.8. The fraction of sp³-hybridized carbons (Fsp3) is 0.200. The van der Waals surface area contributed by atoms with Gasteiger partial charge in [0.2, 0.25) is 0 Å². The Morgan fingerprint density at radius 1 is 1.54 bits per heavy atom. The first-order valence-corrected chi connectivity index (χ1v) is 4.18. The highest BCUT2D eigenvalue weighted by molar-refractivity contribution is 6.30. The zero-order valence-corrected chi connectivity index (χ0v) is 7.98. The van der Waals surface area contributed by atoms with Crippen molar-refractivity contribution in [2.45, 2.75) is 13.0 Å². The van der Waals surface area contributed by atoms with Crippen LogP contribution in [0.25, 0.3) is 0 Å². The van der Waals surface area contributed by atoms with Gasteiger partial charge in [0.15, 0.2) is 0 Å². The molecule has 3 heteroatoms. The molecule has 0 bridgehead atoms. The summed E-state index contributed by atoms with van der Waals surface area (Å²) in [5, 5.41) is 9.80. The molecule has 0 heterocycles. The second-order valence-electron chi connectivity index (χ2n) is 2.95. The smallest absolute Gasteiger partial charge is 0.125 e. The quantitative estimate of drug-likeness (QED) is 0.728. The molecule has 0 aliphatic heterocycles. The number of rotatable bonds is 2. The van der Waals surface area contributed by atoms with E-state index in [0.717, 1.165) is 0 Å². The summed E-state index contributed by atoms with van der Waals surface area (Å²) in [5.41, 5.74) is 0.985. The third-order valence-electron chi connectivity index (χ3n) is 1.67. The molecule has 1 unspecified atom stereocenters. The van der Waals surface area contributed by atoms with Crippen molar-refractivity contribution in [1.29, 1.82) is 0 Å². The van der Waals surface area contributed by atoms with Crippen LogP contribution in [0, 0.1) is 5.82 Å². The third kappa shape index (κ3) is 2.54. The Labute approximate surface area is 81.5 Å². The highest BCUT2D eigenvalue weighted by atomic mass is 35.5. The number of halogens is 2. The van der Waals surface area contributed by atoms with Crippen LogP contribution in [-0.2, 0) is 0 Å². The summed E-state index contributed by atoms with van der Waals surface area (Å²) in [6.45, 7) is 5.25. The van der Waals surface area contributed by atoms with Crippen LogP contribution in [0.2, 0.25) is 5.02 Å². The summed E-state index contributed by atoms with van der Waals surface area (Å²) in [6.07, 6.45) is -0.854. The number of aliphatic hydroxyl groups excluding tert-OH is 1. The Balaban J connectivity index is 3.07. The summed E-state index contributed by atoms with van der Waals surface area (Å²) in [4.78, 5) is 0. The minimum absolute atomic E-state index is 0.273. The van der Waals surface area contributed by atoms with Gasteiger partial charge in [-0.1, -0.05) is 18.2 Å². The van der Waals surface area contributed by atoms with Gasteiger partial charge in [0.1, 0.15) is 5.82 Å². The summed E-state index contributed by atoms with van der Waals surface area (Å²) >= 11 is 5.62. The average Bonchev–Trinajstić information content (AvgIpc) is 2.01. The van der Waals surface area contributed by atoms with Crippen molar-refractivity contribution in [3.8, 4) is 0 Å². The van der Waals surface area contributed by atoms with E-state index in [-0.39, 0.29) is 5.02 Å². The van der Waals surface area contributed by atoms with Crippen LogP contribution in [0.5, 0.6) is 0 Å². The van der Waals surface area contributed by atoms with Crippen LogP contribution >= 0.6 is 11.6 Å². The van der Waals surface area contributed by atoms with Gasteiger partial charge in [-0.15, -0.1) is 0 Å². The topological polar surface area (TPSA) is 20.2 Å². The maximum absolute atomic E-state index is 12.8. The van der Waals surface area contributed by atoms with E-state index in [4.69, 9.17) is 11.6 Å². The lowest BCUT2D eigenvalue weighted by atomic mass is 10.0. The number of aliphatic hydroxyl groups is 1. The minimum Gasteiger partial charge on any atom is -0.384 e. The van der Waals surface area contributed by atoms with Crippen molar-refractivity contribution < 1.29 is 9.50 Å². The Hall–Kier alpha value is -0.860. The molecule has 1 rings (SSSR count). The zero-order chi connectivity index (χ0) is 10.0. The number of hydrogen-bond donors (Lipinski definition) is 1. The molecule has 0 aromatic heterocycles. The van der Waals surface area contributed by atoms with Crippen LogP contribution in [0.4, 0.5) is 4.39 Å². The summed E-state index contributed by atoms with van der Waals surface area (Å²) < 4.78 is 12.8. The van der Waals surface area contributed by atoms with Crippen molar-refractivity contribution in [3.05, 3.63) is 46.8 Å². The molecule has 0 saturated heterocycles. The molecule has 0 radical (unpaired) electrons. The van der Waals surface area contributed by atoms with E-state index >= 15 is 0 Å². The highest BCUT2D eigenvalue weighted by Crippen LogP contribution is 2.23. The van der Waals surface area contributed by atoms with Crippen LogP contribution in [0.3, 0.4) is 0 Å². The van der Waals surface area contributed by atoms with Gasteiger partial charge in [0, 0.05) is 5.02 Å². The molecule has 1 aromatic rings. The standard InChI is InChI=1S/C10H10ClFO/c1-6(2)10(13)7-3-8(11)5-9(12)4-7/h3-5,10,13H,1H2,2H3. The molecule has 1 nitrogen and oxygen atoms in total. The molecule has 0 fully saturated rings. The van der Waals surface area contributed by atoms with Crippen LogP contribution in [0.1, 0.15) is 18.6 Å². The van der Waals surface area contributed by atoms with Crippen molar-refractivity contribution in [2.75, 3.05) is 0 Å².